The molecule has 20 heavy (non-hydrogen) atoms. The molecule has 0 bridgehead atoms. The van der Waals surface area contributed by atoms with E-state index in [1.54, 1.807) is 4.90 Å². The number of amides is 1. The molecule has 1 amide bonds. The lowest BCUT2D eigenvalue weighted by molar-refractivity contribution is -0.131. The predicted octanol–water partition coefficient (Wildman–Crippen LogP) is 2.45. The normalized spacial score (nSPS) is 10.0. The third kappa shape index (κ3) is 6.35. The Kier molecular flexibility index (Phi) is 8.09. The van der Waals surface area contributed by atoms with Gasteiger partial charge in [0.15, 0.2) is 0 Å². The van der Waals surface area contributed by atoms with E-state index in [1.807, 2.05) is 30.3 Å². The largest absolute Gasteiger partial charge is 0.330 e. The number of carbonyl (C=O) groups is 1. The van der Waals surface area contributed by atoms with Crippen LogP contribution in [-0.4, -0.2) is 23.9 Å². The fourth-order valence-corrected chi connectivity index (χ4v) is 2.05. The number of hydrogen-bond donors (Lipinski definition) is 1. The molecule has 1 aromatic rings. The summed E-state index contributed by atoms with van der Waals surface area (Å²) in [5, 5.41) is 8.85. The molecule has 0 aliphatic heterocycles. The predicted molar refractivity (Wildman–Crippen MR) is 79.6 cm³/mol. The Hall–Kier alpha value is -1.86. The first-order chi connectivity index (χ1) is 9.77. The Morgan fingerprint density at radius 3 is 2.50 bits per heavy atom. The van der Waals surface area contributed by atoms with Crippen molar-refractivity contribution >= 4 is 5.91 Å². The molecule has 108 valence electrons. The van der Waals surface area contributed by atoms with E-state index in [-0.39, 0.29) is 12.5 Å². The Bertz CT molecular complexity index is 425. The van der Waals surface area contributed by atoms with Crippen LogP contribution in [0.1, 0.15) is 37.7 Å². The number of rotatable bonds is 9. The average molecular weight is 273 g/mol. The van der Waals surface area contributed by atoms with Crippen LogP contribution >= 0.6 is 0 Å². The molecule has 0 aliphatic carbocycles. The summed E-state index contributed by atoms with van der Waals surface area (Å²) in [7, 11) is 0. The summed E-state index contributed by atoms with van der Waals surface area (Å²) in [6.07, 6.45) is 4.49. The second-order valence-corrected chi connectivity index (χ2v) is 4.85. The van der Waals surface area contributed by atoms with E-state index in [0.717, 1.165) is 31.2 Å². The summed E-state index contributed by atoms with van der Waals surface area (Å²) in [6, 6.07) is 11.8. The summed E-state index contributed by atoms with van der Waals surface area (Å²) >= 11 is 0. The zero-order valence-electron chi connectivity index (χ0n) is 11.9. The lowest BCUT2D eigenvalue weighted by atomic mass is 10.1. The number of benzene rings is 1. The van der Waals surface area contributed by atoms with Crippen LogP contribution in [0.2, 0.25) is 0 Å². The van der Waals surface area contributed by atoms with Gasteiger partial charge in [-0.15, -0.1) is 0 Å². The standard InChI is InChI=1S/C16H23N3O/c17-11-7-2-1-6-10-16(20)19(13-12-18)14-15-8-4-3-5-9-15/h3-5,8-9H,1-2,6-7,10-11,13-14,17H2. The molecule has 0 fully saturated rings. The third-order valence-corrected chi connectivity index (χ3v) is 3.18. The van der Waals surface area contributed by atoms with Gasteiger partial charge in [-0.3, -0.25) is 4.79 Å². The highest BCUT2D eigenvalue weighted by Crippen LogP contribution is 2.09. The van der Waals surface area contributed by atoms with Crippen molar-refractivity contribution in [2.75, 3.05) is 13.1 Å². The first-order valence-electron chi connectivity index (χ1n) is 7.16. The minimum Gasteiger partial charge on any atom is -0.330 e. The van der Waals surface area contributed by atoms with Gasteiger partial charge < -0.3 is 10.6 Å². The lowest BCUT2D eigenvalue weighted by Gasteiger charge is -2.19. The lowest BCUT2D eigenvalue weighted by Crippen LogP contribution is -2.30. The zero-order chi connectivity index (χ0) is 14.6. The number of hydrogen-bond acceptors (Lipinski definition) is 3. The molecule has 0 saturated heterocycles. The Labute approximate surface area is 121 Å². The van der Waals surface area contributed by atoms with Crippen LogP contribution in [0.4, 0.5) is 0 Å². The summed E-state index contributed by atoms with van der Waals surface area (Å²) in [6.45, 7) is 1.37. The first kappa shape index (κ1) is 16.2. The van der Waals surface area contributed by atoms with Gasteiger partial charge in [-0.05, 0) is 24.9 Å². The van der Waals surface area contributed by atoms with E-state index < -0.39 is 0 Å². The van der Waals surface area contributed by atoms with Gasteiger partial charge in [-0.25, -0.2) is 0 Å². The molecule has 0 aromatic heterocycles. The maximum Gasteiger partial charge on any atom is 0.223 e. The van der Waals surface area contributed by atoms with Gasteiger partial charge in [-0.2, -0.15) is 5.26 Å². The fourth-order valence-electron chi connectivity index (χ4n) is 2.05. The Balaban J connectivity index is 2.41. The molecule has 0 unspecified atom stereocenters. The average Bonchev–Trinajstić information content (AvgIpc) is 2.47. The molecule has 4 heteroatoms. The highest BCUT2D eigenvalue weighted by molar-refractivity contribution is 5.76. The minimum absolute atomic E-state index is 0.0585. The molecule has 0 saturated carbocycles. The van der Waals surface area contributed by atoms with E-state index in [4.69, 9.17) is 11.0 Å². The minimum atomic E-state index is 0.0585. The number of unbranched alkanes of at least 4 members (excludes halogenated alkanes) is 3. The maximum absolute atomic E-state index is 12.1. The van der Waals surface area contributed by atoms with Gasteiger partial charge in [0.2, 0.25) is 5.91 Å². The quantitative estimate of drug-likeness (QED) is 0.555. The van der Waals surface area contributed by atoms with E-state index in [2.05, 4.69) is 6.07 Å². The van der Waals surface area contributed by atoms with Crippen LogP contribution in [0.15, 0.2) is 30.3 Å². The van der Waals surface area contributed by atoms with Crippen LogP contribution in [-0.2, 0) is 11.3 Å². The van der Waals surface area contributed by atoms with E-state index in [0.29, 0.717) is 19.5 Å². The van der Waals surface area contributed by atoms with Crippen molar-refractivity contribution in [3.63, 3.8) is 0 Å². The number of nitrogens with two attached hydrogens (primary N) is 1. The van der Waals surface area contributed by atoms with Gasteiger partial charge in [-0.1, -0.05) is 43.2 Å². The topological polar surface area (TPSA) is 70.1 Å². The van der Waals surface area contributed by atoms with Crippen molar-refractivity contribution in [1.29, 1.82) is 5.26 Å². The molecular formula is C16H23N3O. The fraction of sp³-hybridized carbons (Fsp3) is 0.500. The Morgan fingerprint density at radius 1 is 1.15 bits per heavy atom. The molecule has 0 heterocycles. The molecule has 0 radical (unpaired) electrons. The summed E-state index contributed by atoms with van der Waals surface area (Å²) in [5.74, 6) is 0.0585. The van der Waals surface area contributed by atoms with Gasteiger partial charge in [0.25, 0.3) is 0 Å². The molecule has 4 nitrogen and oxygen atoms in total. The van der Waals surface area contributed by atoms with Gasteiger partial charge in [0.1, 0.15) is 6.54 Å². The van der Waals surface area contributed by atoms with Crippen molar-refractivity contribution in [3.05, 3.63) is 35.9 Å². The number of nitriles is 1. The number of nitrogens with zero attached hydrogens (tertiary/aromatic N) is 2. The van der Waals surface area contributed by atoms with E-state index in [9.17, 15) is 4.79 Å². The monoisotopic (exact) mass is 273 g/mol. The first-order valence-corrected chi connectivity index (χ1v) is 7.16. The highest BCUT2D eigenvalue weighted by atomic mass is 16.2. The van der Waals surface area contributed by atoms with Crippen LogP contribution < -0.4 is 5.73 Å². The molecular weight excluding hydrogens is 250 g/mol. The van der Waals surface area contributed by atoms with Crippen molar-refractivity contribution in [2.24, 2.45) is 5.73 Å². The SMILES string of the molecule is N#CCN(Cc1ccccc1)C(=O)CCCCCCN. The van der Waals surface area contributed by atoms with Crippen molar-refractivity contribution in [2.45, 2.75) is 38.6 Å². The summed E-state index contributed by atoms with van der Waals surface area (Å²) < 4.78 is 0. The molecule has 0 spiro atoms. The number of carbonyl (C=O) groups excluding carboxylic acids is 1. The van der Waals surface area contributed by atoms with Gasteiger partial charge >= 0.3 is 0 Å². The van der Waals surface area contributed by atoms with Crippen molar-refractivity contribution < 1.29 is 4.79 Å². The van der Waals surface area contributed by atoms with Crippen LogP contribution in [0, 0.1) is 11.3 Å². The van der Waals surface area contributed by atoms with Crippen LogP contribution in [0.3, 0.4) is 0 Å². The summed E-state index contributed by atoms with van der Waals surface area (Å²) in [5.41, 5.74) is 6.49. The zero-order valence-corrected chi connectivity index (χ0v) is 11.9. The van der Waals surface area contributed by atoms with Crippen molar-refractivity contribution in [3.8, 4) is 6.07 Å². The molecule has 0 atom stereocenters. The smallest absolute Gasteiger partial charge is 0.223 e. The molecule has 0 aliphatic rings. The second kappa shape index (κ2) is 9.99. The third-order valence-electron chi connectivity index (χ3n) is 3.18. The highest BCUT2D eigenvalue weighted by Gasteiger charge is 2.12. The van der Waals surface area contributed by atoms with Crippen LogP contribution in [0.5, 0.6) is 0 Å². The van der Waals surface area contributed by atoms with Gasteiger partial charge in [0, 0.05) is 13.0 Å². The van der Waals surface area contributed by atoms with Crippen LogP contribution in [0.25, 0.3) is 0 Å². The summed E-state index contributed by atoms with van der Waals surface area (Å²) in [4.78, 5) is 13.7. The second-order valence-electron chi connectivity index (χ2n) is 4.85. The molecule has 1 aromatic carbocycles. The van der Waals surface area contributed by atoms with Crippen molar-refractivity contribution in [1.82, 2.24) is 4.90 Å². The maximum atomic E-state index is 12.1. The van der Waals surface area contributed by atoms with E-state index >= 15 is 0 Å². The van der Waals surface area contributed by atoms with Gasteiger partial charge in [0.05, 0.1) is 6.07 Å². The molecule has 1 rings (SSSR count). The Morgan fingerprint density at radius 2 is 1.85 bits per heavy atom. The molecule has 2 N–H and O–H groups in total. The van der Waals surface area contributed by atoms with E-state index in [1.165, 1.54) is 0 Å².